The summed E-state index contributed by atoms with van der Waals surface area (Å²) < 4.78 is 27.3. The first-order valence-corrected chi connectivity index (χ1v) is 7.18. The van der Waals surface area contributed by atoms with Crippen LogP contribution in [0.4, 0.5) is 8.78 Å². The zero-order valence-electron chi connectivity index (χ0n) is 11.0. The third-order valence-electron chi connectivity index (χ3n) is 2.94. The molecule has 1 N–H and O–H groups in total. The third-order valence-corrected chi connectivity index (χ3v) is 4.00. The number of aryl methyl sites for hydroxylation is 1. The second-order valence-electron chi connectivity index (χ2n) is 4.48. The van der Waals surface area contributed by atoms with E-state index in [1.165, 1.54) is 0 Å². The molecular formula is C15H17F2NS. The van der Waals surface area contributed by atoms with Crippen molar-refractivity contribution in [2.24, 2.45) is 0 Å². The Morgan fingerprint density at radius 3 is 2.63 bits per heavy atom. The van der Waals surface area contributed by atoms with E-state index in [0.29, 0.717) is 5.56 Å². The molecule has 1 aromatic heterocycles. The lowest BCUT2D eigenvalue weighted by Crippen LogP contribution is -2.23. The number of nitrogens with one attached hydrogen (secondary N) is 1. The highest BCUT2D eigenvalue weighted by Crippen LogP contribution is 2.30. The van der Waals surface area contributed by atoms with Gasteiger partial charge in [-0.2, -0.15) is 0 Å². The molecule has 4 heteroatoms. The van der Waals surface area contributed by atoms with Crippen LogP contribution in [0, 0.1) is 18.6 Å². The topological polar surface area (TPSA) is 12.0 Å². The van der Waals surface area contributed by atoms with Crippen molar-refractivity contribution in [3.05, 3.63) is 57.3 Å². The highest BCUT2D eigenvalue weighted by Gasteiger charge is 2.20. The van der Waals surface area contributed by atoms with Crippen LogP contribution >= 0.6 is 11.3 Å². The van der Waals surface area contributed by atoms with E-state index in [2.05, 4.69) is 5.32 Å². The maximum atomic E-state index is 14.0. The lowest BCUT2D eigenvalue weighted by Gasteiger charge is -2.18. The lowest BCUT2D eigenvalue weighted by molar-refractivity contribution is 0.481. The van der Waals surface area contributed by atoms with E-state index >= 15 is 0 Å². The summed E-state index contributed by atoms with van der Waals surface area (Å²) in [5, 5.41) is 3.29. The summed E-state index contributed by atoms with van der Waals surface area (Å²) in [7, 11) is 0. The van der Waals surface area contributed by atoms with Gasteiger partial charge in [0.25, 0.3) is 0 Å². The zero-order chi connectivity index (χ0) is 13.8. The van der Waals surface area contributed by atoms with E-state index in [0.717, 1.165) is 28.8 Å². The smallest absolute Gasteiger partial charge is 0.163 e. The molecule has 1 unspecified atom stereocenters. The molecule has 0 saturated carbocycles. The Hall–Kier alpha value is -1.26. The monoisotopic (exact) mass is 281 g/mol. The van der Waals surface area contributed by atoms with Crippen molar-refractivity contribution >= 4 is 11.3 Å². The van der Waals surface area contributed by atoms with Gasteiger partial charge < -0.3 is 5.32 Å². The summed E-state index contributed by atoms with van der Waals surface area (Å²) in [5.41, 5.74) is 0.371. The first-order chi connectivity index (χ1) is 9.13. The van der Waals surface area contributed by atoms with Crippen LogP contribution < -0.4 is 5.32 Å². The number of benzene rings is 1. The molecule has 102 valence electrons. The van der Waals surface area contributed by atoms with Crippen molar-refractivity contribution in [3.63, 3.8) is 0 Å². The largest absolute Gasteiger partial charge is 0.306 e. The predicted octanol–water partition coefficient (Wildman–Crippen LogP) is 4.42. The molecule has 0 spiro atoms. The van der Waals surface area contributed by atoms with E-state index < -0.39 is 11.6 Å². The number of hydrogen-bond acceptors (Lipinski definition) is 2. The van der Waals surface area contributed by atoms with Gasteiger partial charge in [0.2, 0.25) is 0 Å². The Balaban J connectivity index is 2.39. The van der Waals surface area contributed by atoms with Gasteiger partial charge in [-0.1, -0.05) is 19.1 Å². The van der Waals surface area contributed by atoms with E-state index in [4.69, 9.17) is 0 Å². The van der Waals surface area contributed by atoms with Crippen molar-refractivity contribution in [2.45, 2.75) is 26.3 Å². The molecule has 1 nitrogen and oxygen atoms in total. The average Bonchev–Trinajstić information content (AvgIpc) is 2.81. The van der Waals surface area contributed by atoms with E-state index in [-0.39, 0.29) is 6.04 Å². The van der Waals surface area contributed by atoms with Gasteiger partial charge >= 0.3 is 0 Å². The summed E-state index contributed by atoms with van der Waals surface area (Å²) >= 11 is 1.60. The minimum Gasteiger partial charge on any atom is -0.306 e. The fourth-order valence-electron chi connectivity index (χ4n) is 2.00. The Morgan fingerprint density at radius 2 is 2.00 bits per heavy atom. The number of halogens is 2. The van der Waals surface area contributed by atoms with Gasteiger partial charge in [-0.25, -0.2) is 8.78 Å². The molecule has 19 heavy (non-hydrogen) atoms. The average molecular weight is 281 g/mol. The molecule has 2 aromatic rings. The summed E-state index contributed by atoms with van der Waals surface area (Å²) in [5.74, 6) is -1.56. The second-order valence-corrected chi connectivity index (χ2v) is 5.80. The van der Waals surface area contributed by atoms with Gasteiger partial charge in [-0.15, -0.1) is 11.3 Å². The Labute approximate surface area is 116 Å². The van der Waals surface area contributed by atoms with Crippen LogP contribution in [0.1, 0.15) is 34.7 Å². The summed E-state index contributed by atoms with van der Waals surface area (Å²) in [6.07, 6.45) is 0.942. The minimum atomic E-state index is -0.797. The first-order valence-electron chi connectivity index (χ1n) is 6.37. The quantitative estimate of drug-likeness (QED) is 0.855. The van der Waals surface area contributed by atoms with Gasteiger partial charge in [0, 0.05) is 15.3 Å². The fraction of sp³-hybridized carbons (Fsp3) is 0.333. The van der Waals surface area contributed by atoms with Crippen LogP contribution in [0.15, 0.2) is 30.3 Å². The van der Waals surface area contributed by atoms with Crippen molar-refractivity contribution in [1.29, 1.82) is 0 Å². The van der Waals surface area contributed by atoms with Crippen molar-refractivity contribution < 1.29 is 8.78 Å². The van der Waals surface area contributed by atoms with Crippen LogP contribution in [0.5, 0.6) is 0 Å². The Bertz CT molecular complexity index is 551. The molecule has 0 aliphatic heterocycles. The molecule has 0 saturated heterocycles. The summed E-state index contributed by atoms with van der Waals surface area (Å²) in [4.78, 5) is 2.17. The molecule has 0 aliphatic carbocycles. The van der Waals surface area contributed by atoms with Gasteiger partial charge in [0.05, 0.1) is 6.04 Å². The Morgan fingerprint density at radius 1 is 1.21 bits per heavy atom. The fourth-order valence-corrected chi connectivity index (χ4v) is 2.98. The van der Waals surface area contributed by atoms with E-state index in [1.54, 1.807) is 23.5 Å². The van der Waals surface area contributed by atoms with Gasteiger partial charge in [-0.05, 0) is 38.1 Å². The maximum Gasteiger partial charge on any atom is 0.163 e. The maximum absolute atomic E-state index is 14.0. The lowest BCUT2D eigenvalue weighted by atomic mass is 10.0. The molecule has 1 atom stereocenters. The van der Waals surface area contributed by atoms with Gasteiger partial charge in [0.1, 0.15) is 0 Å². The van der Waals surface area contributed by atoms with E-state index in [1.807, 2.05) is 26.0 Å². The Kier molecular flexibility index (Phi) is 4.66. The standard InChI is InChI=1S/C15H17F2NS/c1-3-9-18-15(13-8-7-10(2)19-13)11-5-4-6-12(16)14(11)17/h4-8,15,18H,3,9H2,1-2H3. The van der Waals surface area contributed by atoms with Crippen LogP contribution in [-0.4, -0.2) is 6.54 Å². The normalized spacial score (nSPS) is 12.6. The highest BCUT2D eigenvalue weighted by molar-refractivity contribution is 7.12. The molecule has 0 radical (unpaired) electrons. The molecule has 0 bridgehead atoms. The molecule has 0 amide bonds. The molecule has 1 aromatic carbocycles. The number of rotatable bonds is 5. The first kappa shape index (κ1) is 14.2. The summed E-state index contributed by atoms with van der Waals surface area (Å²) in [6, 6.07) is 8.02. The molecule has 1 heterocycles. The SMILES string of the molecule is CCCNC(c1ccc(C)s1)c1cccc(F)c1F. The molecule has 0 fully saturated rings. The predicted molar refractivity (Wildman–Crippen MR) is 75.6 cm³/mol. The van der Waals surface area contributed by atoms with E-state index in [9.17, 15) is 8.78 Å². The number of hydrogen-bond donors (Lipinski definition) is 1. The zero-order valence-corrected chi connectivity index (χ0v) is 11.9. The van der Waals surface area contributed by atoms with Crippen LogP contribution in [0.2, 0.25) is 0 Å². The number of thiophene rings is 1. The minimum absolute atomic E-state index is 0.283. The van der Waals surface area contributed by atoms with Gasteiger partial charge in [0.15, 0.2) is 11.6 Å². The third kappa shape index (κ3) is 3.19. The van der Waals surface area contributed by atoms with Gasteiger partial charge in [-0.3, -0.25) is 0 Å². The molecule has 2 rings (SSSR count). The molecule has 0 aliphatic rings. The van der Waals surface area contributed by atoms with Crippen molar-refractivity contribution in [2.75, 3.05) is 6.54 Å². The molecular weight excluding hydrogens is 264 g/mol. The van der Waals surface area contributed by atoms with Crippen LogP contribution in [-0.2, 0) is 0 Å². The second kappa shape index (κ2) is 6.26. The highest BCUT2D eigenvalue weighted by atomic mass is 32.1. The van der Waals surface area contributed by atoms with Crippen LogP contribution in [0.3, 0.4) is 0 Å². The van der Waals surface area contributed by atoms with Crippen molar-refractivity contribution in [3.8, 4) is 0 Å². The van der Waals surface area contributed by atoms with Crippen LogP contribution in [0.25, 0.3) is 0 Å². The van der Waals surface area contributed by atoms with Crippen molar-refractivity contribution in [1.82, 2.24) is 5.32 Å². The summed E-state index contributed by atoms with van der Waals surface area (Å²) in [6.45, 7) is 4.82.